The molecule has 0 unspecified atom stereocenters. The Morgan fingerprint density at radius 3 is 2.43 bits per heavy atom. The number of aromatic nitrogens is 1. The third-order valence-electron chi connectivity index (χ3n) is 4.63. The van der Waals surface area contributed by atoms with Crippen molar-refractivity contribution in [3.05, 3.63) is 23.4 Å². The molecule has 0 saturated carbocycles. The monoisotopic (exact) mass is 308 g/mol. The highest BCUT2D eigenvalue weighted by Gasteiger charge is 2.29. The van der Waals surface area contributed by atoms with Crippen LogP contribution in [0, 0.1) is 11.3 Å². The fourth-order valence-electron chi connectivity index (χ4n) is 3.23. The minimum Gasteiger partial charge on any atom is -0.357 e. The molecule has 3 heteroatoms. The second-order valence-corrected chi connectivity index (χ2v) is 7.60. The summed E-state index contributed by atoms with van der Waals surface area (Å²) in [6, 6.07) is 4.32. The molecule has 0 aromatic carbocycles. The number of hydrogen-bond donors (Lipinski definition) is 0. The molecule has 1 aliphatic heterocycles. The smallest absolute Gasteiger partial charge is 0.129 e. The highest BCUT2D eigenvalue weighted by atomic mass is 35.5. The molecule has 1 aromatic rings. The second-order valence-electron chi connectivity index (χ2n) is 7.34. The van der Waals surface area contributed by atoms with E-state index in [0.29, 0.717) is 11.3 Å². The van der Waals surface area contributed by atoms with Crippen molar-refractivity contribution in [3.8, 4) is 0 Å². The first-order chi connectivity index (χ1) is 9.94. The van der Waals surface area contributed by atoms with Crippen LogP contribution < -0.4 is 4.90 Å². The highest BCUT2D eigenvalue weighted by molar-refractivity contribution is 6.17. The Bertz CT molecular complexity index is 457. The fraction of sp³-hybridized carbons (Fsp3) is 0.722. The van der Waals surface area contributed by atoms with Gasteiger partial charge in [-0.25, -0.2) is 4.98 Å². The van der Waals surface area contributed by atoms with Gasteiger partial charge >= 0.3 is 0 Å². The first-order valence-electron chi connectivity index (χ1n) is 8.24. The summed E-state index contributed by atoms with van der Waals surface area (Å²) >= 11 is 6.05. The van der Waals surface area contributed by atoms with Crippen LogP contribution in [0.1, 0.15) is 58.2 Å². The van der Waals surface area contributed by atoms with Crippen molar-refractivity contribution >= 4 is 17.4 Å². The molecule has 0 spiro atoms. The molecule has 21 heavy (non-hydrogen) atoms. The molecule has 1 saturated heterocycles. The van der Waals surface area contributed by atoms with E-state index in [0.717, 1.165) is 37.7 Å². The summed E-state index contributed by atoms with van der Waals surface area (Å²) in [5.74, 6) is 2.52. The number of nitrogens with zero attached hydrogens (tertiary/aromatic N) is 2. The summed E-state index contributed by atoms with van der Waals surface area (Å²) < 4.78 is 0. The Hall–Kier alpha value is -0.760. The van der Waals surface area contributed by atoms with Gasteiger partial charge in [-0.2, -0.15) is 0 Å². The summed E-state index contributed by atoms with van der Waals surface area (Å²) in [4.78, 5) is 7.29. The standard InChI is InChI=1S/C18H29ClN2/c1-5-6-16-11-14(13-19)12-17(20-16)21-9-7-15(8-10-21)18(2,3)4/h11-12,15H,5-10,13H2,1-4H3. The quantitative estimate of drug-likeness (QED) is 0.725. The predicted octanol–water partition coefficient (Wildman–Crippen LogP) is 5.04. The maximum absolute atomic E-state index is 6.05. The predicted molar refractivity (Wildman–Crippen MR) is 92.2 cm³/mol. The molecule has 1 aromatic heterocycles. The lowest BCUT2D eigenvalue weighted by molar-refractivity contribution is 0.198. The van der Waals surface area contributed by atoms with E-state index >= 15 is 0 Å². The molecular weight excluding hydrogens is 280 g/mol. The van der Waals surface area contributed by atoms with E-state index in [2.05, 4.69) is 44.7 Å². The molecule has 2 heterocycles. The number of aryl methyl sites for hydroxylation is 1. The van der Waals surface area contributed by atoms with Gasteiger partial charge in [0.25, 0.3) is 0 Å². The van der Waals surface area contributed by atoms with E-state index in [4.69, 9.17) is 16.6 Å². The van der Waals surface area contributed by atoms with Crippen molar-refractivity contribution in [1.29, 1.82) is 0 Å². The van der Waals surface area contributed by atoms with Crippen molar-refractivity contribution in [2.24, 2.45) is 11.3 Å². The van der Waals surface area contributed by atoms with Crippen molar-refractivity contribution in [2.75, 3.05) is 18.0 Å². The van der Waals surface area contributed by atoms with E-state index < -0.39 is 0 Å². The Morgan fingerprint density at radius 1 is 1.24 bits per heavy atom. The molecule has 1 aliphatic rings. The summed E-state index contributed by atoms with van der Waals surface area (Å²) in [5.41, 5.74) is 2.80. The minimum absolute atomic E-state index is 0.422. The van der Waals surface area contributed by atoms with Crippen LogP contribution in [0.2, 0.25) is 0 Å². The van der Waals surface area contributed by atoms with Gasteiger partial charge in [0, 0.05) is 24.7 Å². The van der Waals surface area contributed by atoms with Crippen molar-refractivity contribution < 1.29 is 0 Å². The first kappa shape index (κ1) is 16.6. The third-order valence-corrected chi connectivity index (χ3v) is 4.94. The third kappa shape index (κ3) is 4.35. The van der Waals surface area contributed by atoms with Gasteiger partial charge in [-0.3, -0.25) is 0 Å². The molecule has 2 nitrogen and oxygen atoms in total. The zero-order chi connectivity index (χ0) is 15.5. The van der Waals surface area contributed by atoms with Crippen LogP contribution in [-0.2, 0) is 12.3 Å². The van der Waals surface area contributed by atoms with E-state index in [1.54, 1.807) is 0 Å². The molecule has 0 atom stereocenters. The molecule has 1 fully saturated rings. The summed E-state index contributed by atoms with van der Waals surface area (Å²) in [6.45, 7) is 11.5. The van der Waals surface area contributed by atoms with Crippen LogP contribution in [0.25, 0.3) is 0 Å². The summed E-state index contributed by atoms with van der Waals surface area (Å²) in [7, 11) is 0. The summed E-state index contributed by atoms with van der Waals surface area (Å²) in [6.07, 6.45) is 4.69. The highest BCUT2D eigenvalue weighted by Crippen LogP contribution is 2.35. The number of hydrogen-bond acceptors (Lipinski definition) is 2. The second kappa shape index (κ2) is 7.00. The van der Waals surface area contributed by atoms with Crippen molar-refractivity contribution in [2.45, 2.75) is 59.3 Å². The average molecular weight is 309 g/mol. The van der Waals surface area contributed by atoms with Gasteiger partial charge in [0.15, 0.2) is 0 Å². The average Bonchev–Trinajstić information content (AvgIpc) is 2.46. The molecule has 0 bridgehead atoms. The Morgan fingerprint density at radius 2 is 1.90 bits per heavy atom. The maximum atomic E-state index is 6.05. The summed E-state index contributed by atoms with van der Waals surface area (Å²) in [5, 5.41) is 0. The topological polar surface area (TPSA) is 16.1 Å². The Balaban J connectivity index is 2.10. The molecule has 118 valence electrons. The maximum Gasteiger partial charge on any atom is 0.129 e. The fourth-order valence-corrected chi connectivity index (χ4v) is 3.39. The molecule has 0 aliphatic carbocycles. The first-order valence-corrected chi connectivity index (χ1v) is 8.78. The van der Waals surface area contributed by atoms with Gasteiger partial charge in [0.1, 0.15) is 5.82 Å². The molecular formula is C18H29ClN2. The molecule has 0 amide bonds. The number of pyridine rings is 1. The van der Waals surface area contributed by atoms with Crippen LogP contribution in [-0.4, -0.2) is 18.1 Å². The Labute approximate surface area is 134 Å². The van der Waals surface area contributed by atoms with Crippen LogP contribution in [0.5, 0.6) is 0 Å². The normalized spacial score (nSPS) is 17.3. The SMILES string of the molecule is CCCc1cc(CCl)cc(N2CCC(C(C)(C)C)CC2)n1. The van der Waals surface area contributed by atoms with E-state index in [-0.39, 0.29) is 0 Å². The van der Waals surface area contributed by atoms with E-state index in [1.807, 2.05) is 0 Å². The lowest BCUT2D eigenvalue weighted by atomic mass is 9.75. The van der Waals surface area contributed by atoms with Crippen LogP contribution >= 0.6 is 11.6 Å². The van der Waals surface area contributed by atoms with E-state index in [1.165, 1.54) is 24.1 Å². The number of alkyl halides is 1. The van der Waals surface area contributed by atoms with E-state index in [9.17, 15) is 0 Å². The lowest BCUT2D eigenvalue weighted by Gasteiger charge is -2.39. The van der Waals surface area contributed by atoms with Gasteiger partial charge in [0.2, 0.25) is 0 Å². The van der Waals surface area contributed by atoms with Gasteiger partial charge in [0.05, 0.1) is 0 Å². The zero-order valence-corrected chi connectivity index (χ0v) is 14.7. The molecule has 2 rings (SSSR count). The largest absolute Gasteiger partial charge is 0.357 e. The van der Waals surface area contributed by atoms with Crippen molar-refractivity contribution in [3.63, 3.8) is 0 Å². The number of piperidine rings is 1. The number of rotatable bonds is 4. The van der Waals surface area contributed by atoms with Crippen LogP contribution in [0.3, 0.4) is 0 Å². The molecule has 0 N–H and O–H groups in total. The Kier molecular flexibility index (Phi) is 5.54. The van der Waals surface area contributed by atoms with Gasteiger partial charge in [-0.15, -0.1) is 11.6 Å². The van der Waals surface area contributed by atoms with Crippen LogP contribution in [0.4, 0.5) is 5.82 Å². The molecule has 0 radical (unpaired) electrons. The van der Waals surface area contributed by atoms with Gasteiger partial charge < -0.3 is 4.90 Å². The minimum atomic E-state index is 0.422. The lowest BCUT2D eigenvalue weighted by Crippen LogP contribution is -2.38. The van der Waals surface area contributed by atoms with Gasteiger partial charge in [-0.05, 0) is 48.3 Å². The number of anilines is 1. The zero-order valence-electron chi connectivity index (χ0n) is 14.0. The number of halogens is 1. The van der Waals surface area contributed by atoms with Crippen molar-refractivity contribution in [1.82, 2.24) is 4.98 Å². The van der Waals surface area contributed by atoms with Crippen LogP contribution in [0.15, 0.2) is 12.1 Å². The van der Waals surface area contributed by atoms with Gasteiger partial charge in [-0.1, -0.05) is 34.1 Å².